The predicted octanol–water partition coefficient (Wildman–Crippen LogP) is 16.3. The van der Waals surface area contributed by atoms with Gasteiger partial charge in [0.2, 0.25) is 17.2 Å². The maximum absolute atomic E-state index is 13.1. The lowest BCUT2D eigenvalue weighted by Gasteiger charge is -2.13. The molecule has 0 aliphatic carbocycles. The van der Waals surface area contributed by atoms with Gasteiger partial charge in [-0.3, -0.25) is 44.7 Å². The van der Waals surface area contributed by atoms with E-state index in [-0.39, 0.29) is 34.0 Å². The molecule has 6 N–H and O–H groups in total. The number of methoxy groups -OCH3 is 9. The lowest BCUT2D eigenvalue weighted by atomic mass is 10.1. The Labute approximate surface area is 631 Å². The largest absolute Gasteiger partial charge is 0.493 e. The van der Waals surface area contributed by atoms with Crippen molar-refractivity contribution in [3.8, 4) is 91.6 Å². The Hall–Kier alpha value is -13.4. The van der Waals surface area contributed by atoms with Crippen LogP contribution in [0.1, 0.15) is 86.4 Å². The second kappa shape index (κ2) is 37.3. The van der Waals surface area contributed by atoms with E-state index in [1.807, 2.05) is 93.6 Å². The van der Waals surface area contributed by atoms with Crippen molar-refractivity contribution < 1.29 is 84.7 Å². The molecule has 6 heterocycles. The molecule has 0 aliphatic heterocycles. The normalized spacial score (nSPS) is 10.3. The number of nitriles is 1. The smallest absolute Gasteiger partial charge is 0.292 e. The molecular weight excluding hydrogens is 1450 g/mol. The summed E-state index contributed by atoms with van der Waals surface area (Å²) in [5, 5.41) is 26.5. The minimum atomic E-state index is -0.433. The highest BCUT2D eigenvalue weighted by Gasteiger charge is 2.26. The number of aryl methyl sites for hydroxylation is 3. The third kappa shape index (κ3) is 19.5. The van der Waals surface area contributed by atoms with Gasteiger partial charge in [-0.1, -0.05) is 123 Å². The number of amides is 6. The summed E-state index contributed by atoms with van der Waals surface area (Å²) >= 11 is 3.39. The molecule has 0 radical (unpaired) electrons. The number of hydrogen-bond acceptors (Lipinski definition) is 25. The van der Waals surface area contributed by atoms with Gasteiger partial charge in [-0.25, -0.2) is 15.0 Å². The Morgan fingerprint density at radius 1 is 0.343 bits per heavy atom. The van der Waals surface area contributed by atoms with E-state index in [9.17, 15) is 28.8 Å². The SMILES string of the molecule is CC#N.COc1cc(C(=O)Nc2nc(-c3ccc(C)cc3)c(NC(=O)c3ccco3)s2)cc(OC)c1OC.COc1cc(C(=O)Nc2nc(-c3ccc(C)cc3)c(NC(=O)c3ccco3)s2)cc(OC)c1OC.COc1cc(C(=O)Nc2nc(-c3ccc(C)cc3)c(NC(=O)c3ccco3)s2)cc(OC)c1OC. The Bertz CT molecular complexity index is 4570. The average molecular weight is 1520 g/mol. The number of benzene rings is 6. The summed E-state index contributed by atoms with van der Waals surface area (Å²) in [6.45, 7) is 7.37. The summed E-state index contributed by atoms with van der Waals surface area (Å²) in [4.78, 5) is 90.8. The number of rotatable bonds is 24. The first-order valence-electron chi connectivity index (χ1n) is 32.1. The molecule has 0 unspecified atom stereocenters. The van der Waals surface area contributed by atoms with Crippen molar-refractivity contribution >= 4 is 99.9 Å². The lowest BCUT2D eigenvalue weighted by Crippen LogP contribution is -2.12. The number of nitrogens with zero attached hydrogens (tertiary/aromatic N) is 4. The number of aromatic nitrogens is 3. The monoisotopic (exact) mass is 1520 g/mol. The van der Waals surface area contributed by atoms with Crippen LogP contribution in [0.2, 0.25) is 0 Å². The van der Waals surface area contributed by atoms with E-state index in [0.717, 1.165) is 67.4 Å². The van der Waals surface area contributed by atoms with E-state index >= 15 is 0 Å². The van der Waals surface area contributed by atoms with Gasteiger partial charge >= 0.3 is 0 Å². The van der Waals surface area contributed by atoms with Crippen molar-refractivity contribution in [2.75, 3.05) is 95.9 Å². The molecule has 0 saturated carbocycles. The molecule has 0 saturated heterocycles. The van der Waals surface area contributed by atoms with Gasteiger partial charge in [0.25, 0.3) is 35.4 Å². The van der Waals surface area contributed by atoms with Crippen LogP contribution in [0.25, 0.3) is 33.8 Å². The minimum absolute atomic E-state index is 0.163. The number of carbonyl (C=O) groups excluding carboxylic acids is 6. The van der Waals surface area contributed by atoms with Crippen LogP contribution < -0.4 is 74.5 Å². The van der Waals surface area contributed by atoms with Crippen LogP contribution in [0.3, 0.4) is 0 Å². The van der Waals surface area contributed by atoms with Crippen molar-refractivity contribution in [2.45, 2.75) is 27.7 Å². The predicted molar refractivity (Wildman–Crippen MR) is 410 cm³/mol. The zero-order valence-corrected chi connectivity index (χ0v) is 62.9. The summed E-state index contributed by atoms with van der Waals surface area (Å²) in [7, 11) is 13.3. The number of hydrogen-bond donors (Lipinski definition) is 6. The first-order valence-corrected chi connectivity index (χ1v) is 34.6. The number of carbonyl (C=O) groups is 6. The Balaban J connectivity index is 0.000000183. The van der Waals surface area contributed by atoms with Gasteiger partial charge in [-0.2, -0.15) is 5.26 Å². The number of nitrogens with one attached hydrogen (secondary N) is 6. The highest BCUT2D eigenvalue weighted by Crippen LogP contribution is 2.44. The summed E-state index contributed by atoms with van der Waals surface area (Å²) in [5.74, 6) is 1.16. The fraction of sp³-hybridized carbons (Fsp3) is 0.169. The van der Waals surface area contributed by atoms with Gasteiger partial charge in [0.15, 0.2) is 67.2 Å². The lowest BCUT2D eigenvalue weighted by molar-refractivity contribution is 0.0989. The minimum Gasteiger partial charge on any atom is -0.493 e. The molecule has 28 nitrogen and oxygen atoms in total. The van der Waals surface area contributed by atoms with E-state index in [2.05, 4.69) is 46.9 Å². The van der Waals surface area contributed by atoms with Crippen molar-refractivity contribution in [2.24, 2.45) is 0 Å². The van der Waals surface area contributed by atoms with E-state index < -0.39 is 35.4 Å². The van der Waals surface area contributed by atoms with Gasteiger partial charge in [0.1, 0.15) is 32.1 Å². The van der Waals surface area contributed by atoms with Gasteiger partial charge in [0.05, 0.1) is 88.8 Å². The molecule has 6 aromatic carbocycles. The topological polar surface area (TPSA) is 360 Å². The van der Waals surface area contributed by atoms with Crippen molar-refractivity contribution in [1.82, 2.24) is 15.0 Å². The quantitative estimate of drug-likeness (QED) is 0.0327. The molecule has 6 aromatic heterocycles. The molecular formula is C77H72N10O18S3. The van der Waals surface area contributed by atoms with Crippen LogP contribution in [-0.4, -0.2) is 114 Å². The molecule has 0 spiro atoms. The Morgan fingerprint density at radius 2 is 0.565 bits per heavy atom. The summed E-state index contributed by atoms with van der Waals surface area (Å²) < 4.78 is 63.5. The van der Waals surface area contributed by atoms with Gasteiger partial charge < -0.3 is 71.8 Å². The second-order valence-electron chi connectivity index (χ2n) is 22.3. The number of anilines is 6. The summed E-state index contributed by atoms with van der Waals surface area (Å²) in [6.07, 6.45) is 4.27. The highest BCUT2D eigenvalue weighted by molar-refractivity contribution is 7.21. The van der Waals surface area contributed by atoms with E-state index in [1.165, 1.54) is 89.7 Å². The van der Waals surface area contributed by atoms with E-state index in [4.69, 9.17) is 61.1 Å². The van der Waals surface area contributed by atoms with Gasteiger partial charge in [0, 0.05) is 40.3 Å². The van der Waals surface area contributed by atoms with Gasteiger partial charge in [-0.15, -0.1) is 0 Å². The molecule has 0 bridgehead atoms. The van der Waals surface area contributed by atoms with Crippen LogP contribution in [0.15, 0.2) is 178 Å². The van der Waals surface area contributed by atoms with Crippen molar-refractivity contribution in [3.05, 3.63) is 215 Å². The standard InChI is InChI=1S/3C25H23N3O6S.C2H3N/c3*1-14-7-9-15(10-8-14)20-24(27-23(30)17-6-5-11-34-17)35-25(26-20)28-22(29)16-12-18(31-2)21(33-4)19(13-16)32-3;1-2-3/h3*5-13H,1-4H3,(H,27,30)(H,26,28,29);1H3. The molecule has 0 atom stereocenters. The third-order valence-corrected chi connectivity index (χ3v) is 17.9. The molecule has 6 amide bonds. The van der Waals surface area contributed by atoms with Crippen LogP contribution >= 0.6 is 34.0 Å². The number of furan rings is 3. The van der Waals surface area contributed by atoms with Crippen LogP contribution in [0.5, 0.6) is 51.7 Å². The molecule has 12 aromatic rings. The molecule has 12 rings (SSSR count). The number of ether oxygens (including phenoxy) is 9. The van der Waals surface area contributed by atoms with Crippen LogP contribution in [-0.2, 0) is 0 Å². The van der Waals surface area contributed by atoms with E-state index in [0.29, 0.717) is 99.2 Å². The second-order valence-corrected chi connectivity index (χ2v) is 25.3. The molecule has 31 heteroatoms. The zero-order valence-electron chi connectivity index (χ0n) is 60.5. The third-order valence-electron chi connectivity index (χ3n) is 15.2. The Kier molecular flexibility index (Phi) is 27.2. The highest BCUT2D eigenvalue weighted by atomic mass is 32.1. The molecule has 556 valence electrons. The zero-order chi connectivity index (χ0) is 77.6. The van der Waals surface area contributed by atoms with Gasteiger partial charge in [-0.05, 0) is 93.6 Å². The van der Waals surface area contributed by atoms with E-state index in [1.54, 1.807) is 78.9 Å². The average Bonchev–Trinajstić information content (AvgIpc) is 1.44. The first kappa shape index (κ1) is 78.7. The van der Waals surface area contributed by atoms with Crippen molar-refractivity contribution in [3.63, 3.8) is 0 Å². The molecule has 108 heavy (non-hydrogen) atoms. The fourth-order valence-corrected chi connectivity index (χ4v) is 12.6. The maximum atomic E-state index is 13.1. The fourth-order valence-electron chi connectivity index (χ4n) is 9.96. The van der Waals surface area contributed by atoms with Crippen LogP contribution in [0.4, 0.5) is 30.4 Å². The van der Waals surface area contributed by atoms with Crippen LogP contribution in [0, 0.1) is 32.1 Å². The number of thiazole rings is 3. The molecule has 0 fully saturated rings. The van der Waals surface area contributed by atoms with Crippen molar-refractivity contribution in [1.29, 1.82) is 5.26 Å². The first-order chi connectivity index (χ1) is 52.2. The summed E-state index contributed by atoms with van der Waals surface area (Å²) in [6, 6.07) is 43.7. The summed E-state index contributed by atoms with van der Waals surface area (Å²) in [5.41, 5.74) is 8.04. The Morgan fingerprint density at radius 3 is 0.750 bits per heavy atom. The maximum Gasteiger partial charge on any atom is 0.292 e. The molecule has 0 aliphatic rings.